The lowest BCUT2D eigenvalue weighted by Crippen LogP contribution is -2.48. The minimum absolute atomic E-state index is 0.0359. The van der Waals surface area contributed by atoms with Gasteiger partial charge in [0.05, 0.1) is 7.11 Å². The van der Waals surface area contributed by atoms with E-state index in [0.717, 1.165) is 25.0 Å². The third-order valence-corrected chi connectivity index (χ3v) is 5.62. The van der Waals surface area contributed by atoms with E-state index in [1.54, 1.807) is 11.0 Å². The highest BCUT2D eigenvalue weighted by Crippen LogP contribution is 2.26. The highest BCUT2D eigenvalue weighted by molar-refractivity contribution is 7.90. The molecule has 1 heterocycles. The van der Waals surface area contributed by atoms with E-state index in [1.165, 1.54) is 19.2 Å². The van der Waals surface area contributed by atoms with E-state index >= 15 is 0 Å². The van der Waals surface area contributed by atoms with E-state index in [1.807, 2.05) is 18.2 Å². The fourth-order valence-corrected chi connectivity index (χ4v) is 3.95. The number of rotatable bonds is 4. The first kappa shape index (κ1) is 18.3. The van der Waals surface area contributed by atoms with Gasteiger partial charge in [0.15, 0.2) is 9.84 Å². The van der Waals surface area contributed by atoms with Gasteiger partial charge in [-0.05, 0) is 30.3 Å². The molecule has 6 nitrogen and oxygen atoms in total. The lowest BCUT2D eigenvalue weighted by molar-refractivity contribution is 0.0746. The number of benzene rings is 2. The number of anilines is 1. The van der Waals surface area contributed by atoms with Crippen molar-refractivity contribution < 1.29 is 17.9 Å². The van der Waals surface area contributed by atoms with Crippen LogP contribution in [0.15, 0.2) is 53.4 Å². The van der Waals surface area contributed by atoms with Crippen LogP contribution in [0.3, 0.4) is 0 Å². The van der Waals surface area contributed by atoms with Gasteiger partial charge < -0.3 is 14.5 Å². The number of carbonyl (C=O) groups is 1. The van der Waals surface area contributed by atoms with Crippen LogP contribution in [0.25, 0.3) is 0 Å². The number of hydrogen-bond donors (Lipinski definition) is 0. The Balaban J connectivity index is 1.75. The summed E-state index contributed by atoms with van der Waals surface area (Å²) in [6.45, 7) is 2.66. The maximum atomic E-state index is 12.8. The first-order chi connectivity index (χ1) is 12.4. The molecule has 0 N–H and O–H groups in total. The SMILES string of the molecule is COc1ccc(C(=O)N2CCN(c3ccccc3)CC2)cc1S(C)(=O)=O. The van der Waals surface area contributed by atoms with Crippen molar-refractivity contribution in [1.82, 2.24) is 4.90 Å². The topological polar surface area (TPSA) is 66.9 Å². The standard InChI is InChI=1S/C19H22N2O4S/c1-25-17-9-8-15(14-18(17)26(2,23)24)19(22)21-12-10-20(11-13-21)16-6-4-3-5-7-16/h3-9,14H,10-13H2,1-2H3. The van der Waals surface area contributed by atoms with Gasteiger partial charge in [0.2, 0.25) is 0 Å². The molecular weight excluding hydrogens is 352 g/mol. The van der Waals surface area contributed by atoms with Crippen molar-refractivity contribution in [3.05, 3.63) is 54.1 Å². The second kappa shape index (κ2) is 7.37. The van der Waals surface area contributed by atoms with Crippen LogP contribution in [0.4, 0.5) is 5.69 Å². The first-order valence-corrected chi connectivity index (χ1v) is 10.3. The van der Waals surface area contributed by atoms with Crippen LogP contribution < -0.4 is 9.64 Å². The van der Waals surface area contributed by atoms with Gasteiger partial charge in [0, 0.05) is 43.7 Å². The molecule has 0 unspecified atom stereocenters. The Morgan fingerprint density at radius 3 is 2.23 bits per heavy atom. The molecule has 2 aromatic rings. The van der Waals surface area contributed by atoms with Crippen LogP contribution in [0.2, 0.25) is 0 Å². The second-order valence-electron chi connectivity index (χ2n) is 6.25. The van der Waals surface area contributed by atoms with Gasteiger partial charge >= 0.3 is 0 Å². The van der Waals surface area contributed by atoms with Crippen molar-refractivity contribution in [2.75, 3.05) is 44.4 Å². The van der Waals surface area contributed by atoms with Gasteiger partial charge in [0.1, 0.15) is 10.6 Å². The van der Waals surface area contributed by atoms with E-state index in [0.29, 0.717) is 18.7 Å². The quantitative estimate of drug-likeness (QED) is 0.820. The van der Waals surface area contributed by atoms with Crippen LogP contribution in [0, 0.1) is 0 Å². The molecule has 1 saturated heterocycles. The molecule has 0 bridgehead atoms. The smallest absolute Gasteiger partial charge is 0.254 e. The van der Waals surface area contributed by atoms with Crippen molar-refractivity contribution in [2.45, 2.75) is 4.90 Å². The number of methoxy groups -OCH3 is 1. The third-order valence-electron chi connectivity index (χ3n) is 4.50. The molecule has 0 atom stereocenters. The maximum absolute atomic E-state index is 12.8. The van der Waals surface area contributed by atoms with Crippen molar-refractivity contribution in [1.29, 1.82) is 0 Å². The van der Waals surface area contributed by atoms with Crippen LogP contribution in [0.1, 0.15) is 10.4 Å². The molecule has 0 radical (unpaired) electrons. The number of ether oxygens (including phenoxy) is 1. The summed E-state index contributed by atoms with van der Waals surface area (Å²) >= 11 is 0. The number of piperazine rings is 1. The average Bonchev–Trinajstić information content (AvgIpc) is 2.67. The Hall–Kier alpha value is -2.54. The second-order valence-corrected chi connectivity index (χ2v) is 8.24. The van der Waals surface area contributed by atoms with Crippen LogP contribution in [0.5, 0.6) is 5.75 Å². The van der Waals surface area contributed by atoms with Gasteiger partial charge in [-0.1, -0.05) is 18.2 Å². The monoisotopic (exact) mass is 374 g/mol. The molecule has 0 saturated carbocycles. The molecule has 0 spiro atoms. The predicted molar refractivity (Wildman–Crippen MR) is 101 cm³/mol. The summed E-state index contributed by atoms with van der Waals surface area (Å²) in [5, 5.41) is 0. The van der Waals surface area contributed by atoms with Crippen molar-refractivity contribution in [3.8, 4) is 5.75 Å². The number of hydrogen-bond acceptors (Lipinski definition) is 5. The van der Waals surface area contributed by atoms with Crippen LogP contribution >= 0.6 is 0 Å². The summed E-state index contributed by atoms with van der Waals surface area (Å²) in [5.74, 6) is 0.0863. The number of sulfone groups is 1. The van der Waals surface area contributed by atoms with Gasteiger partial charge in [-0.3, -0.25) is 4.79 Å². The molecule has 1 fully saturated rings. The molecule has 1 amide bonds. The fraction of sp³-hybridized carbons (Fsp3) is 0.316. The average molecular weight is 374 g/mol. The van der Waals surface area contributed by atoms with Crippen LogP contribution in [-0.2, 0) is 9.84 Å². The molecule has 26 heavy (non-hydrogen) atoms. The third kappa shape index (κ3) is 3.83. The molecule has 2 aromatic carbocycles. The van der Waals surface area contributed by atoms with E-state index in [9.17, 15) is 13.2 Å². The molecular formula is C19H22N2O4S. The summed E-state index contributed by atoms with van der Waals surface area (Å²) in [7, 11) is -2.07. The van der Waals surface area contributed by atoms with Crippen LogP contribution in [-0.4, -0.2) is 58.8 Å². The normalized spacial score (nSPS) is 15.0. The predicted octanol–water partition coefficient (Wildman–Crippen LogP) is 2.06. The maximum Gasteiger partial charge on any atom is 0.254 e. The molecule has 0 aromatic heterocycles. The van der Waals surface area contributed by atoms with E-state index < -0.39 is 9.84 Å². The summed E-state index contributed by atoms with van der Waals surface area (Å²) < 4.78 is 29.0. The zero-order valence-electron chi connectivity index (χ0n) is 14.9. The zero-order chi connectivity index (χ0) is 18.7. The number of nitrogens with zero attached hydrogens (tertiary/aromatic N) is 2. The Morgan fingerprint density at radius 1 is 1.00 bits per heavy atom. The Morgan fingerprint density at radius 2 is 1.65 bits per heavy atom. The lowest BCUT2D eigenvalue weighted by Gasteiger charge is -2.36. The van der Waals surface area contributed by atoms with E-state index in [-0.39, 0.29) is 16.6 Å². The van der Waals surface area contributed by atoms with E-state index in [2.05, 4.69) is 17.0 Å². The summed E-state index contributed by atoms with van der Waals surface area (Å²) in [5.41, 5.74) is 1.50. The number of carbonyl (C=O) groups excluding carboxylic acids is 1. The largest absolute Gasteiger partial charge is 0.495 e. The summed E-state index contributed by atoms with van der Waals surface area (Å²) in [6, 6.07) is 14.6. The van der Waals surface area contributed by atoms with Gasteiger partial charge in [-0.2, -0.15) is 0 Å². The first-order valence-electron chi connectivity index (χ1n) is 8.37. The lowest BCUT2D eigenvalue weighted by atomic mass is 10.1. The van der Waals surface area contributed by atoms with Gasteiger partial charge in [0.25, 0.3) is 5.91 Å². The number of para-hydroxylation sites is 1. The highest BCUT2D eigenvalue weighted by Gasteiger charge is 2.24. The van der Waals surface area contributed by atoms with Gasteiger partial charge in [-0.25, -0.2) is 8.42 Å². The number of amides is 1. The van der Waals surface area contributed by atoms with Crippen molar-refractivity contribution >= 4 is 21.4 Å². The summed E-state index contributed by atoms with van der Waals surface area (Å²) in [6.07, 6.45) is 1.11. The Bertz CT molecular complexity index is 889. The fourth-order valence-electron chi connectivity index (χ4n) is 3.09. The Kier molecular flexibility index (Phi) is 5.18. The molecule has 138 valence electrons. The Labute approximate surface area is 153 Å². The minimum Gasteiger partial charge on any atom is -0.495 e. The molecule has 3 rings (SSSR count). The van der Waals surface area contributed by atoms with E-state index in [4.69, 9.17) is 4.74 Å². The van der Waals surface area contributed by atoms with Gasteiger partial charge in [-0.15, -0.1) is 0 Å². The minimum atomic E-state index is -3.48. The van der Waals surface area contributed by atoms with Crippen molar-refractivity contribution in [2.24, 2.45) is 0 Å². The molecule has 1 aliphatic rings. The zero-order valence-corrected chi connectivity index (χ0v) is 15.7. The molecule has 1 aliphatic heterocycles. The molecule has 7 heteroatoms. The highest BCUT2D eigenvalue weighted by atomic mass is 32.2. The molecule has 0 aliphatic carbocycles. The summed E-state index contributed by atoms with van der Waals surface area (Å²) in [4.78, 5) is 16.8. The van der Waals surface area contributed by atoms with Crippen molar-refractivity contribution in [3.63, 3.8) is 0 Å².